The highest BCUT2D eigenvalue weighted by Crippen LogP contribution is 2.20. The van der Waals surface area contributed by atoms with Crippen LogP contribution in [-0.2, 0) is 16.6 Å². The van der Waals surface area contributed by atoms with Gasteiger partial charge in [-0.2, -0.15) is 0 Å². The van der Waals surface area contributed by atoms with Crippen molar-refractivity contribution in [1.29, 1.82) is 0 Å². The molecule has 1 aliphatic rings. The van der Waals surface area contributed by atoms with Crippen LogP contribution < -0.4 is 5.73 Å². The predicted molar refractivity (Wildman–Crippen MR) is 73.9 cm³/mol. The van der Waals surface area contributed by atoms with Crippen molar-refractivity contribution in [3.05, 3.63) is 18.2 Å². The van der Waals surface area contributed by atoms with Crippen molar-refractivity contribution in [1.82, 2.24) is 13.9 Å². The van der Waals surface area contributed by atoms with Gasteiger partial charge in [0.1, 0.15) is 0 Å². The van der Waals surface area contributed by atoms with Crippen molar-refractivity contribution in [3.63, 3.8) is 0 Å². The first-order valence-electron chi connectivity index (χ1n) is 6.36. The molecule has 2 rings (SSSR count). The molecule has 1 unspecified atom stereocenters. The Kier molecular flexibility index (Phi) is 4.29. The molecule has 0 radical (unpaired) electrons. The van der Waals surface area contributed by atoms with Gasteiger partial charge in [-0.15, -0.1) is 0 Å². The number of sulfonamides is 1. The Bertz CT molecular complexity index is 595. The SMILES string of the molecule is CS(=O)(=O)N1CCCC(Cn2ccnc2/C(N)=N/O)C1. The topological polar surface area (TPSA) is 114 Å². The standard InChI is InChI=1S/C11H19N5O3S/c1-20(18,19)16-5-2-3-9(8-16)7-15-6-4-13-11(15)10(12)14-17/h4,6,9,17H,2-3,5,7-8H2,1H3,(H2,12,14). The summed E-state index contributed by atoms with van der Waals surface area (Å²) < 4.78 is 26.5. The zero-order valence-electron chi connectivity index (χ0n) is 11.3. The summed E-state index contributed by atoms with van der Waals surface area (Å²) in [6.45, 7) is 1.66. The summed E-state index contributed by atoms with van der Waals surface area (Å²) in [5.41, 5.74) is 5.55. The summed E-state index contributed by atoms with van der Waals surface area (Å²) in [7, 11) is -3.15. The lowest BCUT2D eigenvalue weighted by molar-refractivity contribution is 0.246. The number of hydrogen-bond acceptors (Lipinski definition) is 5. The van der Waals surface area contributed by atoms with Gasteiger partial charge in [-0.05, 0) is 18.8 Å². The Balaban J connectivity index is 2.09. The number of amidine groups is 1. The average molecular weight is 301 g/mol. The Morgan fingerprint density at radius 1 is 1.65 bits per heavy atom. The molecule has 2 heterocycles. The van der Waals surface area contributed by atoms with E-state index < -0.39 is 10.0 Å². The highest BCUT2D eigenvalue weighted by molar-refractivity contribution is 7.88. The Labute approximate surface area is 117 Å². The van der Waals surface area contributed by atoms with Crippen molar-refractivity contribution in [3.8, 4) is 0 Å². The van der Waals surface area contributed by atoms with E-state index in [-0.39, 0.29) is 11.8 Å². The zero-order chi connectivity index (χ0) is 14.8. The van der Waals surface area contributed by atoms with Crippen molar-refractivity contribution in [2.75, 3.05) is 19.3 Å². The molecule has 8 nitrogen and oxygen atoms in total. The number of nitrogens with two attached hydrogens (primary N) is 1. The first-order valence-corrected chi connectivity index (χ1v) is 8.21. The van der Waals surface area contributed by atoms with Crippen LogP contribution in [-0.4, -0.2) is 52.7 Å². The molecule has 1 saturated heterocycles. The molecule has 1 fully saturated rings. The third-order valence-corrected chi connectivity index (χ3v) is 4.73. The van der Waals surface area contributed by atoms with Gasteiger partial charge in [0.15, 0.2) is 5.82 Å². The lowest BCUT2D eigenvalue weighted by Gasteiger charge is -2.31. The number of piperidine rings is 1. The van der Waals surface area contributed by atoms with Crippen molar-refractivity contribution >= 4 is 15.9 Å². The largest absolute Gasteiger partial charge is 0.409 e. The summed E-state index contributed by atoms with van der Waals surface area (Å²) in [5, 5.41) is 11.7. The minimum absolute atomic E-state index is 0.0502. The molecule has 9 heteroatoms. The molecule has 1 atom stereocenters. The molecule has 0 spiro atoms. The summed E-state index contributed by atoms with van der Waals surface area (Å²) >= 11 is 0. The van der Waals surface area contributed by atoms with Gasteiger partial charge in [-0.1, -0.05) is 5.16 Å². The van der Waals surface area contributed by atoms with Gasteiger partial charge in [0, 0.05) is 32.0 Å². The van der Waals surface area contributed by atoms with E-state index in [1.807, 2.05) is 0 Å². The van der Waals surface area contributed by atoms with E-state index in [0.29, 0.717) is 25.5 Å². The molecule has 1 aliphatic heterocycles. The molecule has 20 heavy (non-hydrogen) atoms. The van der Waals surface area contributed by atoms with Crippen LogP contribution in [0.3, 0.4) is 0 Å². The summed E-state index contributed by atoms with van der Waals surface area (Å²) in [5.74, 6) is 0.535. The fourth-order valence-corrected chi connectivity index (χ4v) is 3.43. The van der Waals surface area contributed by atoms with E-state index in [9.17, 15) is 8.42 Å². The molecular weight excluding hydrogens is 282 g/mol. The molecular formula is C11H19N5O3S. The molecule has 112 valence electrons. The quantitative estimate of drug-likeness (QED) is 0.341. The predicted octanol–water partition coefficient (Wildman–Crippen LogP) is -0.351. The minimum Gasteiger partial charge on any atom is -0.409 e. The van der Waals surface area contributed by atoms with Gasteiger partial charge in [-0.25, -0.2) is 17.7 Å². The number of hydrogen-bond donors (Lipinski definition) is 2. The highest BCUT2D eigenvalue weighted by Gasteiger charge is 2.26. The maximum absolute atomic E-state index is 11.6. The average Bonchev–Trinajstić information content (AvgIpc) is 2.85. The van der Waals surface area contributed by atoms with E-state index >= 15 is 0 Å². The molecule has 0 bridgehead atoms. The molecule has 3 N–H and O–H groups in total. The Hall–Kier alpha value is -1.61. The number of rotatable bonds is 4. The molecule has 1 aromatic heterocycles. The van der Waals surface area contributed by atoms with Gasteiger partial charge < -0.3 is 15.5 Å². The second-order valence-corrected chi connectivity index (χ2v) is 7.00. The molecule has 0 saturated carbocycles. The summed E-state index contributed by atoms with van der Waals surface area (Å²) in [6, 6.07) is 0. The molecule has 1 aromatic rings. The second-order valence-electron chi connectivity index (χ2n) is 5.02. The monoisotopic (exact) mass is 301 g/mol. The maximum atomic E-state index is 11.6. The van der Waals surface area contributed by atoms with Gasteiger partial charge >= 0.3 is 0 Å². The van der Waals surface area contributed by atoms with E-state index in [0.717, 1.165) is 12.8 Å². The van der Waals surface area contributed by atoms with Crippen LogP contribution >= 0.6 is 0 Å². The zero-order valence-corrected chi connectivity index (χ0v) is 12.1. The third kappa shape index (κ3) is 3.28. The summed E-state index contributed by atoms with van der Waals surface area (Å²) in [4.78, 5) is 4.04. The Morgan fingerprint density at radius 3 is 3.05 bits per heavy atom. The highest BCUT2D eigenvalue weighted by atomic mass is 32.2. The van der Waals surface area contributed by atoms with Crippen LogP contribution in [0.5, 0.6) is 0 Å². The Morgan fingerprint density at radius 2 is 2.40 bits per heavy atom. The minimum atomic E-state index is -3.15. The molecule has 0 amide bonds. The van der Waals surface area contributed by atoms with E-state index in [4.69, 9.17) is 10.9 Å². The van der Waals surface area contributed by atoms with Crippen LogP contribution in [0.1, 0.15) is 18.7 Å². The van der Waals surface area contributed by atoms with E-state index in [2.05, 4.69) is 10.1 Å². The van der Waals surface area contributed by atoms with Crippen molar-refractivity contribution < 1.29 is 13.6 Å². The second kappa shape index (κ2) is 5.80. The van der Waals surface area contributed by atoms with Crippen molar-refractivity contribution in [2.24, 2.45) is 16.8 Å². The fraction of sp³-hybridized carbons (Fsp3) is 0.636. The number of nitrogens with zero attached hydrogens (tertiary/aromatic N) is 4. The van der Waals surface area contributed by atoms with E-state index in [1.54, 1.807) is 17.0 Å². The molecule has 0 aliphatic carbocycles. The number of aromatic nitrogens is 2. The van der Waals surface area contributed by atoms with Crippen molar-refractivity contribution in [2.45, 2.75) is 19.4 Å². The lowest BCUT2D eigenvalue weighted by atomic mass is 9.99. The van der Waals surface area contributed by atoms with Gasteiger partial charge in [0.25, 0.3) is 0 Å². The van der Waals surface area contributed by atoms with Crippen LogP contribution in [0.2, 0.25) is 0 Å². The number of imidazole rings is 1. The molecule has 0 aromatic carbocycles. The third-order valence-electron chi connectivity index (χ3n) is 3.46. The van der Waals surface area contributed by atoms with Gasteiger partial charge in [0.05, 0.1) is 6.26 Å². The maximum Gasteiger partial charge on any atom is 0.211 e. The van der Waals surface area contributed by atoms with Crippen LogP contribution in [0.25, 0.3) is 0 Å². The summed E-state index contributed by atoms with van der Waals surface area (Å²) in [6.07, 6.45) is 6.33. The van der Waals surface area contributed by atoms with E-state index in [1.165, 1.54) is 10.6 Å². The smallest absolute Gasteiger partial charge is 0.211 e. The normalized spacial score (nSPS) is 22.1. The number of oxime groups is 1. The first kappa shape index (κ1) is 14.8. The fourth-order valence-electron chi connectivity index (χ4n) is 2.49. The van der Waals surface area contributed by atoms with Crippen LogP contribution in [0.4, 0.5) is 0 Å². The van der Waals surface area contributed by atoms with Crippen LogP contribution in [0.15, 0.2) is 17.5 Å². The van der Waals surface area contributed by atoms with Gasteiger partial charge in [-0.3, -0.25) is 0 Å². The first-order chi connectivity index (χ1) is 9.41. The van der Waals surface area contributed by atoms with Crippen LogP contribution in [0, 0.1) is 5.92 Å². The lowest BCUT2D eigenvalue weighted by Crippen LogP contribution is -2.40. The van der Waals surface area contributed by atoms with Gasteiger partial charge in [0.2, 0.25) is 15.9 Å².